The van der Waals surface area contributed by atoms with Crippen molar-refractivity contribution in [2.24, 2.45) is 0 Å². The lowest BCUT2D eigenvalue weighted by atomic mass is 10.2. The van der Waals surface area contributed by atoms with Crippen molar-refractivity contribution in [2.75, 3.05) is 44.6 Å². The highest BCUT2D eigenvalue weighted by atomic mass is 16.5. The Morgan fingerprint density at radius 2 is 1.95 bits per heavy atom. The molecule has 1 aromatic carbocycles. The van der Waals surface area contributed by atoms with Gasteiger partial charge in [-0.15, -0.1) is 0 Å². The molecule has 1 saturated heterocycles. The fourth-order valence-electron chi connectivity index (χ4n) is 2.45. The number of nitrogens with zero attached hydrogens (tertiary/aromatic N) is 2. The average Bonchev–Trinajstić information content (AvgIpc) is 2.75. The lowest BCUT2D eigenvalue weighted by molar-refractivity contribution is -0.138. The lowest BCUT2D eigenvalue weighted by Gasteiger charge is -2.17. The summed E-state index contributed by atoms with van der Waals surface area (Å²) in [7, 11) is 5.55. The second-order valence-corrected chi connectivity index (χ2v) is 5.57. The summed E-state index contributed by atoms with van der Waals surface area (Å²) in [5.74, 6) is -0.277. The number of nitrogens with one attached hydrogen (secondary N) is 1. The smallest absolute Gasteiger partial charge is 0.252 e. The van der Waals surface area contributed by atoms with E-state index in [9.17, 15) is 9.59 Å². The standard InChI is InChI=1S/C16H23N3O3/c1-18(2)13-7-5-12(6-8-13)17-14-11-15(20)19(16(14)21)9-4-10-22-3/h5-8,14,17H,4,9-11H2,1-3H3/t14-/m0/s1. The number of ether oxygens (including phenoxy) is 1. The minimum atomic E-state index is -0.472. The molecule has 2 amide bonds. The number of imide groups is 1. The van der Waals surface area contributed by atoms with Crippen LogP contribution in [-0.2, 0) is 14.3 Å². The molecule has 0 unspecified atom stereocenters. The van der Waals surface area contributed by atoms with Gasteiger partial charge in [0.2, 0.25) is 5.91 Å². The molecule has 22 heavy (non-hydrogen) atoms. The van der Waals surface area contributed by atoms with Gasteiger partial charge in [-0.05, 0) is 30.7 Å². The van der Waals surface area contributed by atoms with E-state index < -0.39 is 6.04 Å². The summed E-state index contributed by atoms with van der Waals surface area (Å²) in [6.07, 6.45) is 0.874. The molecule has 1 heterocycles. The summed E-state index contributed by atoms with van der Waals surface area (Å²) in [6, 6.07) is 7.31. The van der Waals surface area contributed by atoms with Gasteiger partial charge in [-0.3, -0.25) is 14.5 Å². The van der Waals surface area contributed by atoms with Crippen LogP contribution in [0.5, 0.6) is 0 Å². The number of rotatable bonds is 7. The van der Waals surface area contributed by atoms with Crippen molar-refractivity contribution in [2.45, 2.75) is 18.9 Å². The number of amides is 2. The van der Waals surface area contributed by atoms with E-state index in [0.717, 1.165) is 11.4 Å². The highest BCUT2D eigenvalue weighted by Crippen LogP contribution is 2.21. The predicted molar refractivity (Wildman–Crippen MR) is 86.0 cm³/mol. The largest absolute Gasteiger partial charge is 0.385 e. The van der Waals surface area contributed by atoms with Crippen LogP contribution < -0.4 is 10.2 Å². The van der Waals surface area contributed by atoms with Gasteiger partial charge in [0.25, 0.3) is 5.91 Å². The van der Waals surface area contributed by atoms with Crippen LogP contribution in [0, 0.1) is 0 Å². The van der Waals surface area contributed by atoms with Crippen LogP contribution in [0.4, 0.5) is 11.4 Å². The van der Waals surface area contributed by atoms with E-state index >= 15 is 0 Å². The van der Waals surface area contributed by atoms with Crippen LogP contribution >= 0.6 is 0 Å². The fourth-order valence-corrected chi connectivity index (χ4v) is 2.45. The van der Waals surface area contributed by atoms with Crippen molar-refractivity contribution in [3.63, 3.8) is 0 Å². The minimum absolute atomic E-state index is 0.122. The van der Waals surface area contributed by atoms with Gasteiger partial charge >= 0.3 is 0 Å². The zero-order valence-corrected chi connectivity index (χ0v) is 13.3. The molecule has 0 radical (unpaired) electrons. The topological polar surface area (TPSA) is 61.9 Å². The van der Waals surface area contributed by atoms with Gasteiger partial charge in [0.15, 0.2) is 0 Å². The quantitative estimate of drug-likeness (QED) is 0.608. The number of carbonyl (C=O) groups excluding carboxylic acids is 2. The van der Waals surface area contributed by atoms with E-state index in [1.165, 1.54) is 4.90 Å². The molecule has 120 valence electrons. The first-order valence-corrected chi connectivity index (χ1v) is 7.40. The molecule has 0 saturated carbocycles. The third-order valence-corrected chi connectivity index (χ3v) is 3.70. The Kier molecular flexibility index (Phi) is 5.38. The van der Waals surface area contributed by atoms with E-state index in [4.69, 9.17) is 4.74 Å². The first-order valence-electron chi connectivity index (χ1n) is 7.40. The number of hydrogen-bond donors (Lipinski definition) is 1. The Labute approximate surface area is 131 Å². The molecule has 1 aliphatic rings. The molecule has 0 aliphatic carbocycles. The van der Waals surface area contributed by atoms with E-state index in [0.29, 0.717) is 19.6 Å². The number of likely N-dealkylation sites (tertiary alicyclic amines) is 1. The molecule has 0 bridgehead atoms. The summed E-state index contributed by atoms with van der Waals surface area (Å²) in [5.41, 5.74) is 1.93. The molecule has 6 heteroatoms. The van der Waals surface area contributed by atoms with E-state index in [1.807, 2.05) is 43.3 Å². The molecule has 2 rings (SSSR count). The highest BCUT2D eigenvalue weighted by Gasteiger charge is 2.37. The molecular formula is C16H23N3O3. The van der Waals surface area contributed by atoms with E-state index in [-0.39, 0.29) is 18.2 Å². The maximum absolute atomic E-state index is 12.3. The summed E-state index contributed by atoms with van der Waals surface area (Å²) in [6.45, 7) is 0.963. The molecule has 6 nitrogen and oxygen atoms in total. The number of methoxy groups -OCH3 is 1. The molecule has 1 aromatic rings. The minimum Gasteiger partial charge on any atom is -0.385 e. The Hall–Kier alpha value is -2.08. The monoisotopic (exact) mass is 305 g/mol. The zero-order chi connectivity index (χ0) is 16.1. The van der Waals surface area contributed by atoms with Crippen molar-refractivity contribution in [3.05, 3.63) is 24.3 Å². The van der Waals surface area contributed by atoms with Crippen molar-refractivity contribution >= 4 is 23.2 Å². The number of carbonyl (C=O) groups is 2. The van der Waals surface area contributed by atoms with Gasteiger partial charge in [0, 0.05) is 45.7 Å². The lowest BCUT2D eigenvalue weighted by Crippen LogP contribution is -2.35. The van der Waals surface area contributed by atoms with Crippen molar-refractivity contribution in [1.82, 2.24) is 4.90 Å². The number of anilines is 2. The summed E-state index contributed by atoms with van der Waals surface area (Å²) < 4.78 is 4.96. The van der Waals surface area contributed by atoms with Crippen molar-refractivity contribution < 1.29 is 14.3 Å². The van der Waals surface area contributed by atoms with E-state index in [2.05, 4.69) is 5.32 Å². The number of benzene rings is 1. The van der Waals surface area contributed by atoms with Gasteiger partial charge in [-0.25, -0.2) is 0 Å². The summed E-state index contributed by atoms with van der Waals surface area (Å²) in [5, 5.41) is 3.15. The molecule has 1 fully saturated rings. The van der Waals surface area contributed by atoms with Crippen LogP contribution in [0.15, 0.2) is 24.3 Å². The number of hydrogen-bond acceptors (Lipinski definition) is 5. The summed E-state index contributed by atoms with van der Waals surface area (Å²) in [4.78, 5) is 27.6. The van der Waals surface area contributed by atoms with Gasteiger partial charge in [-0.2, -0.15) is 0 Å². The third kappa shape index (κ3) is 3.76. The van der Waals surface area contributed by atoms with Crippen molar-refractivity contribution in [1.29, 1.82) is 0 Å². The van der Waals surface area contributed by atoms with Crippen LogP contribution in [-0.4, -0.2) is 57.1 Å². The van der Waals surface area contributed by atoms with Crippen LogP contribution in [0.25, 0.3) is 0 Å². The molecule has 1 N–H and O–H groups in total. The first-order chi connectivity index (χ1) is 10.5. The Balaban J connectivity index is 1.95. The van der Waals surface area contributed by atoms with Gasteiger partial charge < -0.3 is 15.0 Å². The molecular weight excluding hydrogens is 282 g/mol. The maximum atomic E-state index is 12.3. The van der Waals surface area contributed by atoms with Gasteiger partial charge in [-0.1, -0.05) is 0 Å². The second-order valence-electron chi connectivity index (χ2n) is 5.57. The summed E-state index contributed by atoms with van der Waals surface area (Å²) >= 11 is 0. The van der Waals surface area contributed by atoms with Crippen LogP contribution in [0.2, 0.25) is 0 Å². The van der Waals surface area contributed by atoms with Crippen molar-refractivity contribution in [3.8, 4) is 0 Å². The Bertz CT molecular complexity index is 528. The average molecular weight is 305 g/mol. The Morgan fingerprint density at radius 3 is 2.55 bits per heavy atom. The Morgan fingerprint density at radius 1 is 1.27 bits per heavy atom. The van der Waals surface area contributed by atoms with Gasteiger partial charge in [0.05, 0.1) is 6.42 Å². The highest BCUT2D eigenvalue weighted by molar-refractivity contribution is 6.06. The maximum Gasteiger partial charge on any atom is 0.252 e. The third-order valence-electron chi connectivity index (χ3n) is 3.70. The zero-order valence-electron chi connectivity index (χ0n) is 13.3. The normalized spacial score (nSPS) is 18.0. The SMILES string of the molecule is COCCCN1C(=O)C[C@H](Nc2ccc(N(C)C)cc2)C1=O. The molecule has 1 aliphatic heterocycles. The van der Waals surface area contributed by atoms with Crippen LogP contribution in [0.1, 0.15) is 12.8 Å². The van der Waals surface area contributed by atoms with Gasteiger partial charge in [0.1, 0.15) is 6.04 Å². The second kappa shape index (κ2) is 7.26. The molecule has 1 atom stereocenters. The molecule has 0 spiro atoms. The first kappa shape index (κ1) is 16.3. The molecule has 0 aromatic heterocycles. The fraction of sp³-hybridized carbons (Fsp3) is 0.500. The predicted octanol–water partition coefficient (Wildman–Crippen LogP) is 1.33. The van der Waals surface area contributed by atoms with Crippen LogP contribution in [0.3, 0.4) is 0 Å². The van der Waals surface area contributed by atoms with E-state index in [1.54, 1.807) is 7.11 Å².